The van der Waals surface area contributed by atoms with Gasteiger partial charge in [0.15, 0.2) is 0 Å². The first-order valence-corrected chi connectivity index (χ1v) is 5.61. The molecule has 0 radical (unpaired) electrons. The minimum Gasteiger partial charge on any atom is -0.385 e. The third-order valence-electron chi connectivity index (χ3n) is 2.31. The summed E-state index contributed by atoms with van der Waals surface area (Å²) in [6.45, 7) is 2.67. The molecule has 5 nitrogen and oxygen atoms in total. The van der Waals surface area contributed by atoms with Crippen LogP contribution in [0.4, 0.5) is 11.4 Å². The zero-order valence-electron chi connectivity index (χ0n) is 9.77. The van der Waals surface area contributed by atoms with Crippen LogP contribution < -0.4 is 5.32 Å². The zero-order chi connectivity index (χ0) is 12.8. The first kappa shape index (κ1) is 13.7. The van der Waals surface area contributed by atoms with Gasteiger partial charge in [-0.15, -0.1) is 0 Å². The number of nitro benzene ring substituents is 1. The summed E-state index contributed by atoms with van der Waals surface area (Å²) in [6.07, 6.45) is 0.852. The Hall–Kier alpha value is -1.33. The van der Waals surface area contributed by atoms with E-state index in [-0.39, 0.29) is 16.8 Å². The molecule has 0 bridgehead atoms. The molecule has 1 N–H and O–H groups in total. The summed E-state index contributed by atoms with van der Waals surface area (Å²) < 4.78 is 4.97. The first-order chi connectivity index (χ1) is 8.04. The molecule has 0 saturated carbocycles. The van der Waals surface area contributed by atoms with Crippen molar-refractivity contribution < 1.29 is 9.66 Å². The monoisotopic (exact) mass is 258 g/mol. The van der Waals surface area contributed by atoms with E-state index >= 15 is 0 Å². The number of rotatable bonds is 6. The maximum atomic E-state index is 10.6. The van der Waals surface area contributed by atoms with Crippen molar-refractivity contribution in [2.45, 2.75) is 19.4 Å². The maximum Gasteiger partial charge on any atom is 0.288 e. The number of halogens is 1. The average Bonchev–Trinajstić information content (AvgIpc) is 2.26. The van der Waals surface area contributed by atoms with E-state index in [0.29, 0.717) is 6.61 Å². The molecule has 0 aliphatic carbocycles. The normalized spacial score (nSPS) is 12.2. The van der Waals surface area contributed by atoms with Gasteiger partial charge in [0.1, 0.15) is 5.02 Å². The Bertz CT molecular complexity index is 398. The molecular formula is C11H15ClN2O3. The summed E-state index contributed by atoms with van der Waals surface area (Å²) >= 11 is 5.81. The molecule has 0 aromatic heterocycles. The van der Waals surface area contributed by atoms with Gasteiger partial charge in [-0.1, -0.05) is 11.6 Å². The van der Waals surface area contributed by atoms with Gasteiger partial charge in [0.2, 0.25) is 0 Å². The second-order valence-corrected chi connectivity index (χ2v) is 4.16. The van der Waals surface area contributed by atoms with Crippen LogP contribution in [0.3, 0.4) is 0 Å². The minimum absolute atomic E-state index is 0.0817. The molecule has 0 amide bonds. The molecule has 0 fully saturated rings. The van der Waals surface area contributed by atoms with Crippen LogP contribution in [0.1, 0.15) is 13.3 Å². The largest absolute Gasteiger partial charge is 0.385 e. The van der Waals surface area contributed by atoms with Crippen molar-refractivity contribution in [3.8, 4) is 0 Å². The van der Waals surface area contributed by atoms with Crippen molar-refractivity contribution in [3.63, 3.8) is 0 Å². The van der Waals surface area contributed by atoms with E-state index in [4.69, 9.17) is 16.3 Å². The summed E-state index contributed by atoms with van der Waals surface area (Å²) in [5, 5.41) is 13.9. The number of methoxy groups -OCH3 is 1. The lowest BCUT2D eigenvalue weighted by Gasteiger charge is -2.14. The van der Waals surface area contributed by atoms with E-state index in [1.807, 2.05) is 6.92 Å². The molecule has 0 heterocycles. The van der Waals surface area contributed by atoms with Gasteiger partial charge in [-0.3, -0.25) is 10.1 Å². The van der Waals surface area contributed by atoms with Gasteiger partial charge in [0.25, 0.3) is 5.69 Å². The summed E-state index contributed by atoms with van der Waals surface area (Å²) in [6, 6.07) is 4.82. The highest BCUT2D eigenvalue weighted by Gasteiger charge is 2.12. The van der Waals surface area contributed by atoms with Gasteiger partial charge in [0, 0.05) is 31.5 Å². The van der Waals surface area contributed by atoms with Crippen LogP contribution in [0.5, 0.6) is 0 Å². The molecule has 94 valence electrons. The number of hydrogen-bond acceptors (Lipinski definition) is 4. The van der Waals surface area contributed by atoms with Crippen molar-refractivity contribution in [2.24, 2.45) is 0 Å². The number of hydrogen-bond donors (Lipinski definition) is 1. The number of nitrogens with zero attached hydrogens (tertiary/aromatic N) is 1. The number of anilines is 1. The average molecular weight is 259 g/mol. The minimum atomic E-state index is -0.500. The smallest absolute Gasteiger partial charge is 0.288 e. The fraction of sp³-hybridized carbons (Fsp3) is 0.455. The lowest BCUT2D eigenvalue weighted by molar-refractivity contribution is -0.384. The summed E-state index contributed by atoms with van der Waals surface area (Å²) in [5.41, 5.74) is 0.686. The third kappa shape index (κ3) is 4.20. The van der Waals surface area contributed by atoms with Gasteiger partial charge >= 0.3 is 0 Å². The van der Waals surface area contributed by atoms with Crippen LogP contribution >= 0.6 is 11.6 Å². The number of ether oxygens (including phenoxy) is 1. The van der Waals surface area contributed by atoms with Crippen LogP contribution in [-0.2, 0) is 4.74 Å². The molecule has 17 heavy (non-hydrogen) atoms. The Morgan fingerprint density at radius 3 is 2.82 bits per heavy atom. The molecule has 1 aromatic carbocycles. The highest BCUT2D eigenvalue weighted by molar-refractivity contribution is 6.32. The highest BCUT2D eigenvalue weighted by Crippen LogP contribution is 2.27. The topological polar surface area (TPSA) is 64.4 Å². The molecule has 1 rings (SSSR count). The zero-order valence-corrected chi connectivity index (χ0v) is 10.5. The Kier molecular flexibility index (Phi) is 5.18. The van der Waals surface area contributed by atoms with Crippen LogP contribution in [-0.4, -0.2) is 24.7 Å². The number of nitro groups is 1. The summed E-state index contributed by atoms with van der Waals surface area (Å²) in [7, 11) is 1.65. The Morgan fingerprint density at radius 2 is 2.29 bits per heavy atom. The molecule has 1 aromatic rings. The van der Waals surface area contributed by atoms with Crippen LogP contribution in [0.15, 0.2) is 18.2 Å². The van der Waals surface area contributed by atoms with Gasteiger partial charge in [0.05, 0.1) is 4.92 Å². The summed E-state index contributed by atoms with van der Waals surface area (Å²) in [4.78, 5) is 10.1. The number of benzene rings is 1. The van der Waals surface area contributed by atoms with Crippen LogP contribution in [0.2, 0.25) is 5.02 Å². The van der Waals surface area contributed by atoms with Gasteiger partial charge in [-0.05, 0) is 25.5 Å². The fourth-order valence-corrected chi connectivity index (χ4v) is 1.65. The molecule has 6 heteroatoms. The molecular weight excluding hydrogens is 244 g/mol. The van der Waals surface area contributed by atoms with Gasteiger partial charge in [-0.2, -0.15) is 0 Å². The summed E-state index contributed by atoms with van der Waals surface area (Å²) in [5.74, 6) is 0. The molecule has 1 unspecified atom stereocenters. The van der Waals surface area contributed by atoms with Crippen molar-refractivity contribution in [1.82, 2.24) is 0 Å². The second-order valence-electron chi connectivity index (χ2n) is 3.75. The Balaban J connectivity index is 2.67. The van der Waals surface area contributed by atoms with Gasteiger partial charge in [-0.25, -0.2) is 0 Å². The van der Waals surface area contributed by atoms with Crippen LogP contribution in [0, 0.1) is 10.1 Å². The highest BCUT2D eigenvalue weighted by atomic mass is 35.5. The van der Waals surface area contributed by atoms with E-state index in [1.165, 1.54) is 6.07 Å². The van der Waals surface area contributed by atoms with E-state index in [1.54, 1.807) is 19.2 Å². The van der Waals surface area contributed by atoms with E-state index < -0.39 is 4.92 Å². The molecule has 0 spiro atoms. The molecule has 0 aliphatic rings. The number of nitrogens with one attached hydrogen (secondary N) is 1. The Morgan fingerprint density at radius 1 is 1.59 bits per heavy atom. The van der Waals surface area contributed by atoms with Gasteiger partial charge < -0.3 is 10.1 Å². The third-order valence-corrected chi connectivity index (χ3v) is 2.62. The van der Waals surface area contributed by atoms with Crippen molar-refractivity contribution >= 4 is 23.0 Å². The van der Waals surface area contributed by atoms with Crippen molar-refractivity contribution in [1.29, 1.82) is 0 Å². The van der Waals surface area contributed by atoms with Crippen LogP contribution in [0.25, 0.3) is 0 Å². The maximum absolute atomic E-state index is 10.6. The lowest BCUT2D eigenvalue weighted by atomic mass is 10.2. The first-order valence-electron chi connectivity index (χ1n) is 5.24. The van der Waals surface area contributed by atoms with Crippen molar-refractivity contribution in [3.05, 3.63) is 33.3 Å². The lowest BCUT2D eigenvalue weighted by Crippen LogP contribution is -2.17. The van der Waals surface area contributed by atoms with Crippen molar-refractivity contribution in [2.75, 3.05) is 19.0 Å². The fourth-order valence-electron chi connectivity index (χ4n) is 1.40. The Labute approximate surface area is 105 Å². The van der Waals surface area contributed by atoms with E-state index in [9.17, 15) is 10.1 Å². The van der Waals surface area contributed by atoms with E-state index in [0.717, 1.165) is 12.1 Å². The molecule has 0 aliphatic heterocycles. The molecule has 1 atom stereocenters. The quantitative estimate of drug-likeness (QED) is 0.629. The standard InChI is InChI=1S/C11H15ClN2O3/c1-8(5-6-17-2)13-9-3-4-11(14(15)16)10(12)7-9/h3-4,7-8,13H,5-6H2,1-2H3. The predicted molar refractivity (Wildman–Crippen MR) is 67.7 cm³/mol. The predicted octanol–water partition coefficient (Wildman–Crippen LogP) is 3.09. The second kappa shape index (κ2) is 6.42. The van der Waals surface area contributed by atoms with E-state index in [2.05, 4.69) is 5.32 Å². The SMILES string of the molecule is COCCC(C)Nc1ccc([N+](=O)[O-])c(Cl)c1. The molecule has 0 saturated heterocycles.